The number of carbonyl (C=O) groups is 2. The molecular weight excluding hydrogens is 322 g/mol. The predicted molar refractivity (Wildman–Crippen MR) is 87.2 cm³/mol. The molecule has 0 unspecified atom stereocenters. The maximum Gasteiger partial charge on any atom is 0.251 e. The second-order valence-corrected chi connectivity index (χ2v) is 5.88. The van der Waals surface area contributed by atoms with E-state index >= 15 is 0 Å². The van der Waals surface area contributed by atoms with Crippen molar-refractivity contribution >= 4 is 34.8 Å². The summed E-state index contributed by atoms with van der Waals surface area (Å²) in [5, 5.41) is 7.93. The van der Waals surface area contributed by atoms with Crippen molar-refractivity contribution in [1.82, 2.24) is 15.6 Å². The van der Waals surface area contributed by atoms with Crippen molar-refractivity contribution in [2.24, 2.45) is 0 Å². The molecule has 5 nitrogen and oxygen atoms in total. The summed E-state index contributed by atoms with van der Waals surface area (Å²) in [5.41, 5.74) is 3.17. The van der Waals surface area contributed by atoms with Crippen LogP contribution >= 0.6 is 22.9 Å². The van der Waals surface area contributed by atoms with Gasteiger partial charge in [-0.05, 0) is 31.2 Å². The first-order valence-corrected chi connectivity index (χ1v) is 8.09. The fraction of sp³-hybridized carbons (Fsp3) is 0.267. The van der Waals surface area contributed by atoms with E-state index in [2.05, 4.69) is 15.6 Å². The number of nitrogens with one attached hydrogen (secondary N) is 2. The summed E-state index contributed by atoms with van der Waals surface area (Å²) in [6.45, 7) is 2.13. The van der Waals surface area contributed by atoms with E-state index in [1.54, 1.807) is 36.7 Å². The Morgan fingerprint density at radius 1 is 1.32 bits per heavy atom. The van der Waals surface area contributed by atoms with Crippen LogP contribution in [0, 0.1) is 0 Å². The SMILES string of the molecule is C[C@H](NC(=O)c1ccc(Cl)cc1)C(=O)NCCc1cscn1. The molecule has 0 aliphatic carbocycles. The molecule has 1 aromatic carbocycles. The summed E-state index contributed by atoms with van der Waals surface area (Å²) in [5.74, 6) is -0.531. The van der Waals surface area contributed by atoms with Crippen LogP contribution in [0.3, 0.4) is 0 Å². The van der Waals surface area contributed by atoms with Gasteiger partial charge >= 0.3 is 0 Å². The number of aromatic nitrogens is 1. The Hall–Kier alpha value is -1.92. The molecule has 2 rings (SSSR count). The summed E-state index contributed by atoms with van der Waals surface area (Å²) in [4.78, 5) is 28.1. The van der Waals surface area contributed by atoms with Gasteiger partial charge in [-0.1, -0.05) is 11.6 Å². The molecule has 0 bridgehead atoms. The van der Waals surface area contributed by atoms with E-state index < -0.39 is 6.04 Å². The highest BCUT2D eigenvalue weighted by Gasteiger charge is 2.16. The molecule has 1 atom stereocenters. The highest BCUT2D eigenvalue weighted by molar-refractivity contribution is 7.07. The number of amides is 2. The summed E-state index contributed by atoms with van der Waals surface area (Å²) >= 11 is 7.29. The van der Waals surface area contributed by atoms with E-state index in [-0.39, 0.29) is 11.8 Å². The van der Waals surface area contributed by atoms with Crippen LogP contribution in [0.4, 0.5) is 0 Å². The zero-order chi connectivity index (χ0) is 15.9. The molecule has 0 aliphatic rings. The van der Waals surface area contributed by atoms with E-state index in [1.165, 1.54) is 11.3 Å². The third-order valence-corrected chi connectivity index (χ3v) is 3.90. The van der Waals surface area contributed by atoms with Crippen molar-refractivity contribution < 1.29 is 9.59 Å². The van der Waals surface area contributed by atoms with Crippen LogP contribution < -0.4 is 10.6 Å². The summed E-state index contributed by atoms with van der Waals surface area (Å²) in [7, 11) is 0. The van der Waals surface area contributed by atoms with Gasteiger partial charge in [0.25, 0.3) is 5.91 Å². The van der Waals surface area contributed by atoms with Crippen molar-refractivity contribution in [2.45, 2.75) is 19.4 Å². The fourth-order valence-corrected chi connectivity index (χ4v) is 2.49. The Balaban J connectivity index is 1.78. The topological polar surface area (TPSA) is 71.1 Å². The molecule has 1 aromatic heterocycles. The Bertz CT molecular complexity index is 629. The zero-order valence-electron chi connectivity index (χ0n) is 12.0. The van der Waals surface area contributed by atoms with Crippen molar-refractivity contribution in [3.05, 3.63) is 51.4 Å². The van der Waals surface area contributed by atoms with Crippen molar-refractivity contribution in [2.75, 3.05) is 6.54 Å². The predicted octanol–water partition coefficient (Wildman–Crippen LogP) is 2.27. The third kappa shape index (κ3) is 4.82. The van der Waals surface area contributed by atoms with Gasteiger partial charge in [-0.3, -0.25) is 9.59 Å². The smallest absolute Gasteiger partial charge is 0.251 e. The second-order valence-electron chi connectivity index (χ2n) is 4.72. The van der Waals surface area contributed by atoms with Gasteiger partial charge in [0.2, 0.25) is 5.91 Å². The molecular formula is C15H16ClN3O2S. The van der Waals surface area contributed by atoms with Crippen LogP contribution in [0.5, 0.6) is 0 Å². The van der Waals surface area contributed by atoms with E-state index in [0.717, 1.165) is 5.69 Å². The quantitative estimate of drug-likeness (QED) is 0.849. The molecule has 116 valence electrons. The van der Waals surface area contributed by atoms with Gasteiger partial charge in [-0.15, -0.1) is 11.3 Å². The molecule has 22 heavy (non-hydrogen) atoms. The van der Waals surface area contributed by atoms with E-state index in [1.807, 2.05) is 5.38 Å². The van der Waals surface area contributed by atoms with Crippen LogP contribution in [-0.4, -0.2) is 29.4 Å². The maximum absolute atomic E-state index is 12.0. The largest absolute Gasteiger partial charge is 0.354 e. The molecule has 1 heterocycles. The van der Waals surface area contributed by atoms with E-state index in [9.17, 15) is 9.59 Å². The molecule has 2 aromatic rings. The number of hydrogen-bond donors (Lipinski definition) is 2. The first-order valence-electron chi connectivity index (χ1n) is 6.77. The lowest BCUT2D eigenvalue weighted by Gasteiger charge is -2.14. The Kier molecular flexibility index (Phi) is 5.91. The second kappa shape index (κ2) is 7.91. The molecule has 0 radical (unpaired) electrons. The molecule has 0 fully saturated rings. The normalized spacial score (nSPS) is 11.7. The van der Waals surface area contributed by atoms with Gasteiger partial charge in [-0.2, -0.15) is 0 Å². The monoisotopic (exact) mass is 337 g/mol. The number of halogens is 1. The summed E-state index contributed by atoms with van der Waals surface area (Å²) < 4.78 is 0. The average molecular weight is 338 g/mol. The Morgan fingerprint density at radius 3 is 2.68 bits per heavy atom. The zero-order valence-corrected chi connectivity index (χ0v) is 13.6. The lowest BCUT2D eigenvalue weighted by Crippen LogP contribution is -2.45. The van der Waals surface area contributed by atoms with Crippen LogP contribution in [0.2, 0.25) is 5.02 Å². The minimum atomic E-state index is -0.612. The van der Waals surface area contributed by atoms with E-state index in [0.29, 0.717) is 23.6 Å². The molecule has 2 amide bonds. The van der Waals surface area contributed by atoms with Crippen LogP contribution in [0.15, 0.2) is 35.2 Å². The first kappa shape index (κ1) is 16.5. The maximum atomic E-state index is 12.0. The van der Waals surface area contributed by atoms with E-state index in [4.69, 9.17) is 11.6 Å². The van der Waals surface area contributed by atoms with Crippen LogP contribution in [0.1, 0.15) is 23.0 Å². The Morgan fingerprint density at radius 2 is 2.05 bits per heavy atom. The van der Waals surface area contributed by atoms with Gasteiger partial charge < -0.3 is 10.6 Å². The van der Waals surface area contributed by atoms with Gasteiger partial charge in [0, 0.05) is 28.9 Å². The molecule has 0 spiro atoms. The number of rotatable bonds is 6. The number of carbonyl (C=O) groups excluding carboxylic acids is 2. The lowest BCUT2D eigenvalue weighted by atomic mass is 10.2. The summed E-state index contributed by atoms with van der Waals surface area (Å²) in [6.07, 6.45) is 0.674. The number of nitrogens with zero attached hydrogens (tertiary/aromatic N) is 1. The van der Waals surface area contributed by atoms with Crippen LogP contribution in [0.25, 0.3) is 0 Å². The molecule has 0 aliphatic heterocycles. The van der Waals surface area contributed by atoms with Gasteiger partial charge in [0.05, 0.1) is 11.2 Å². The van der Waals surface area contributed by atoms with Crippen molar-refractivity contribution in [3.63, 3.8) is 0 Å². The van der Waals surface area contributed by atoms with Crippen LogP contribution in [-0.2, 0) is 11.2 Å². The Labute approximate surface area is 137 Å². The highest BCUT2D eigenvalue weighted by Crippen LogP contribution is 2.09. The van der Waals surface area contributed by atoms with Crippen molar-refractivity contribution in [3.8, 4) is 0 Å². The van der Waals surface area contributed by atoms with Gasteiger partial charge in [-0.25, -0.2) is 4.98 Å². The molecule has 7 heteroatoms. The number of hydrogen-bond acceptors (Lipinski definition) is 4. The molecule has 0 saturated carbocycles. The molecule has 0 saturated heterocycles. The number of thiazole rings is 1. The first-order chi connectivity index (χ1) is 10.6. The summed E-state index contributed by atoms with van der Waals surface area (Å²) in [6, 6.07) is 5.89. The number of benzene rings is 1. The minimum absolute atomic E-state index is 0.224. The minimum Gasteiger partial charge on any atom is -0.354 e. The molecule has 2 N–H and O–H groups in total. The highest BCUT2D eigenvalue weighted by atomic mass is 35.5. The standard InChI is InChI=1S/C15H16ClN3O2S/c1-10(14(20)17-7-6-13-8-22-9-18-13)19-15(21)11-2-4-12(16)5-3-11/h2-5,8-10H,6-7H2,1H3,(H,17,20)(H,19,21)/t10-/m0/s1. The lowest BCUT2D eigenvalue weighted by molar-refractivity contribution is -0.122. The van der Waals surface area contributed by atoms with Crippen molar-refractivity contribution in [1.29, 1.82) is 0 Å². The fourth-order valence-electron chi connectivity index (χ4n) is 1.77. The third-order valence-electron chi connectivity index (χ3n) is 3.01. The van der Waals surface area contributed by atoms with Gasteiger partial charge in [0.1, 0.15) is 6.04 Å². The average Bonchev–Trinajstić information content (AvgIpc) is 3.01. The van der Waals surface area contributed by atoms with Gasteiger partial charge in [0.15, 0.2) is 0 Å².